The molecule has 1 aromatic heterocycles. The van der Waals surface area contributed by atoms with Gasteiger partial charge in [0, 0.05) is 18.8 Å². The Bertz CT molecular complexity index is 644. The van der Waals surface area contributed by atoms with Crippen LogP contribution in [-0.2, 0) is 13.0 Å². The van der Waals surface area contributed by atoms with E-state index < -0.39 is 0 Å². The van der Waals surface area contributed by atoms with Crippen LogP contribution in [0, 0.1) is 5.92 Å². The van der Waals surface area contributed by atoms with Crippen LogP contribution in [0.5, 0.6) is 5.75 Å². The van der Waals surface area contributed by atoms with Crippen LogP contribution < -0.4 is 0 Å². The Hall–Kier alpha value is -2.30. The fraction of sp³-hybridized carbons (Fsp3) is 0.412. The van der Waals surface area contributed by atoms with Gasteiger partial charge in [0.25, 0.3) is 5.91 Å². The molecule has 1 aromatic carbocycles. The Labute approximate surface area is 130 Å². The van der Waals surface area contributed by atoms with Gasteiger partial charge in [-0.15, -0.1) is 0 Å². The highest BCUT2D eigenvalue weighted by molar-refractivity contribution is 5.92. The van der Waals surface area contributed by atoms with Crippen molar-refractivity contribution in [3.63, 3.8) is 0 Å². The molecule has 5 nitrogen and oxygen atoms in total. The summed E-state index contributed by atoms with van der Waals surface area (Å²) in [6, 6.07) is 8.84. The number of carbonyl (C=O) groups is 1. The molecule has 3 rings (SSSR count). The number of nitrogens with one attached hydrogen (secondary N) is 1. The van der Waals surface area contributed by atoms with Gasteiger partial charge < -0.3 is 10.0 Å². The molecule has 0 bridgehead atoms. The second kappa shape index (κ2) is 6.22. The zero-order chi connectivity index (χ0) is 15.5. The molecule has 5 heteroatoms. The van der Waals surface area contributed by atoms with Crippen LogP contribution in [0.15, 0.2) is 30.3 Å². The summed E-state index contributed by atoms with van der Waals surface area (Å²) in [6.45, 7) is 3.35. The van der Waals surface area contributed by atoms with Gasteiger partial charge in [-0.05, 0) is 48.9 Å². The number of benzene rings is 1. The van der Waals surface area contributed by atoms with E-state index in [9.17, 15) is 9.90 Å². The van der Waals surface area contributed by atoms with E-state index in [0.29, 0.717) is 18.2 Å². The van der Waals surface area contributed by atoms with Crippen molar-refractivity contribution in [1.82, 2.24) is 15.1 Å². The van der Waals surface area contributed by atoms with E-state index in [4.69, 9.17) is 0 Å². The van der Waals surface area contributed by atoms with E-state index in [2.05, 4.69) is 10.2 Å². The molecule has 0 aliphatic heterocycles. The fourth-order valence-electron chi connectivity index (χ4n) is 2.47. The number of nitrogens with zero attached hydrogens (tertiary/aromatic N) is 2. The molecule has 1 aliphatic carbocycles. The second-order valence-electron chi connectivity index (χ2n) is 5.93. The van der Waals surface area contributed by atoms with Gasteiger partial charge in [-0.25, -0.2) is 0 Å². The van der Waals surface area contributed by atoms with Gasteiger partial charge in [-0.2, -0.15) is 5.10 Å². The number of aromatic amines is 1. The monoisotopic (exact) mass is 299 g/mol. The quantitative estimate of drug-likeness (QED) is 0.861. The third-order valence-corrected chi connectivity index (χ3v) is 4.00. The van der Waals surface area contributed by atoms with Gasteiger partial charge in [0.05, 0.1) is 0 Å². The summed E-state index contributed by atoms with van der Waals surface area (Å²) in [7, 11) is 0. The van der Waals surface area contributed by atoms with E-state index in [1.165, 1.54) is 12.8 Å². The number of hydrogen-bond acceptors (Lipinski definition) is 3. The van der Waals surface area contributed by atoms with E-state index >= 15 is 0 Å². The molecule has 1 amide bonds. The standard InChI is InChI=1S/C17H21N3O2/c1-2-14-9-16(19-18-14)17(22)20(10-12-3-4-12)11-13-5-7-15(21)8-6-13/h5-9,12,21H,2-4,10-11H2,1H3,(H,18,19). The van der Waals surface area contributed by atoms with E-state index in [1.54, 1.807) is 12.1 Å². The van der Waals surface area contributed by atoms with Crippen LogP contribution in [0.1, 0.15) is 41.5 Å². The fourth-order valence-corrected chi connectivity index (χ4v) is 2.47. The Balaban J connectivity index is 1.75. The van der Waals surface area contributed by atoms with E-state index in [-0.39, 0.29) is 11.7 Å². The lowest BCUT2D eigenvalue weighted by molar-refractivity contribution is 0.0729. The summed E-state index contributed by atoms with van der Waals surface area (Å²) < 4.78 is 0. The summed E-state index contributed by atoms with van der Waals surface area (Å²) in [5.41, 5.74) is 2.47. The zero-order valence-electron chi connectivity index (χ0n) is 12.7. The maximum atomic E-state index is 12.7. The molecule has 1 aliphatic rings. The molecule has 0 unspecified atom stereocenters. The van der Waals surface area contributed by atoms with Crippen molar-refractivity contribution in [2.45, 2.75) is 32.7 Å². The van der Waals surface area contributed by atoms with Crippen molar-refractivity contribution < 1.29 is 9.90 Å². The first-order valence-electron chi connectivity index (χ1n) is 7.77. The number of aryl methyl sites for hydroxylation is 1. The van der Waals surface area contributed by atoms with Crippen LogP contribution in [-0.4, -0.2) is 32.7 Å². The number of rotatable bonds is 6. The van der Waals surface area contributed by atoms with Crippen LogP contribution in [0.25, 0.3) is 0 Å². The van der Waals surface area contributed by atoms with Gasteiger partial charge in [0.2, 0.25) is 0 Å². The van der Waals surface area contributed by atoms with Crippen molar-refractivity contribution in [3.8, 4) is 5.75 Å². The van der Waals surface area contributed by atoms with Crippen molar-refractivity contribution in [3.05, 3.63) is 47.3 Å². The lowest BCUT2D eigenvalue weighted by atomic mass is 10.2. The molecule has 2 N–H and O–H groups in total. The number of hydrogen-bond donors (Lipinski definition) is 2. The van der Waals surface area contributed by atoms with Gasteiger partial charge >= 0.3 is 0 Å². The van der Waals surface area contributed by atoms with E-state index in [0.717, 1.165) is 24.2 Å². The summed E-state index contributed by atoms with van der Waals surface area (Å²) in [4.78, 5) is 14.6. The number of amides is 1. The average molecular weight is 299 g/mol. The van der Waals surface area contributed by atoms with E-state index in [1.807, 2.05) is 30.0 Å². The second-order valence-corrected chi connectivity index (χ2v) is 5.93. The Morgan fingerprint density at radius 3 is 2.68 bits per heavy atom. The van der Waals surface area contributed by atoms with Gasteiger partial charge in [-0.1, -0.05) is 19.1 Å². The molecule has 116 valence electrons. The highest BCUT2D eigenvalue weighted by atomic mass is 16.3. The van der Waals surface area contributed by atoms with Crippen molar-refractivity contribution in [2.24, 2.45) is 5.92 Å². The van der Waals surface area contributed by atoms with Crippen molar-refractivity contribution in [1.29, 1.82) is 0 Å². The summed E-state index contributed by atoms with van der Waals surface area (Å²) in [5, 5.41) is 16.4. The third kappa shape index (κ3) is 3.47. The lowest BCUT2D eigenvalue weighted by Crippen LogP contribution is -2.32. The molecular weight excluding hydrogens is 278 g/mol. The molecule has 0 spiro atoms. The molecular formula is C17H21N3O2. The normalized spacial score (nSPS) is 14.0. The predicted octanol–water partition coefficient (Wildman–Crippen LogP) is 2.73. The Morgan fingerprint density at radius 1 is 1.36 bits per heavy atom. The van der Waals surface area contributed by atoms with Gasteiger partial charge in [-0.3, -0.25) is 9.89 Å². The average Bonchev–Trinajstić information content (AvgIpc) is 3.21. The minimum atomic E-state index is -0.0316. The first-order chi connectivity index (χ1) is 10.7. The largest absolute Gasteiger partial charge is 0.508 e. The first-order valence-corrected chi connectivity index (χ1v) is 7.77. The Kier molecular flexibility index (Phi) is 4.13. The number of aromatic hydroxyl groups is 1. The number of H-pyrrole nitrogens is 1. The van der Waals surface area contributed by atoms with Crippen molar-refractivity contribution >= 4 is 5.91 Å². The Morgan fingerprint density at radius 2 is 2.09 bits per heavy atom. The molecule has 22 heavy (non-hydrogen) atoms. The minimum Gasteiger partial charge on any atom is -0.508 e. The molecule has 1 fully saturated rings. The van der Waals surface area contributed by atoms with Crippen molar-refractivity contribution in [2.75, 3.05) is 6.54 Å². The number of carbonyl (C=O) groups excluding carboxylic acids is 1. The molecule has 2 aromatic rings. The molecule has 0 radical (unpaired) electrons. The molecule has 1 heterocycles. The number of phenols is 1. The summed E-state index contributed by atoms with van der Waals surface area (Å²) in [5.74, 6) is 0.824. The molecule has 1 saturated carbocycles. The van der Waals surface area contributed by atoms with Crippen LogP contribution >= 0.6 is 0 Å². The maximum Gasteiger partial charge on any atom is 0.274 e. The first kappa shape index (κ1) is 14.6. The third-order valence-electron chi connectivity index (χ3n) is 4.00. The lowest BCUT2D eigenvalue weighted by Gasteiger charge is -2.22. The molecule has 0 atom stereocenters. The summed E-state index contributed by atoms with van der Waals surface area (Å²) in [6.07, 6.45) is 3.22. The summed E-state index contributed by atoms with van der Waals surface area (Å²) >= 11 is 0. The van der Waals surface area contributed by atoms with Gasteiger partial charge in [0.15, 0.2) is 0 Å². The minimum absolute atomic E-state index is 0.0316. The highest BCUT2D eigenvalue weighted by Gasteiger charge is 2.28. The zero-order valence-corrected chi connectivity index (χ0v) is 12.7. The number of phenolic OH excluding ortho intramolecular Hbond substituents is 1. The van der Waals surface area contributed by atoms with Crippen LogP contribution in [0.2, 0.25) is 0 Å². The predicted molar refractivity (Wildman–Crippen MR) is 83.5 cm³/mol. The highest BCUT2D eigenvalue weighted by Crippen LogP contribution is 2.30. The van der Waals surface area contributed by atoms with Gasteiger partial charge in [0.1, 0.15) is 11.4 Å². The van der Waals surface area contributed by atoms with Crippen LogP contribution in [0.4, 0.5) is 0 Å². The maximum absolute atomic E-state index is 12.7. The topological polar surface area (TPSA) is 69.2 Å². The smallest absolute Gasteiger partial charge is 0.274 e. The number of aromatic nitrogens is 2. The molecule has 0 saturated heterocycles. The van der Waals surface area contributed by atoms with Crippen LogP contribution in [0.3, 0.4) is 0 Å². The SMILES string of the molecule is CCc1cc(C(=O)N(Cc2ccc(O)cc2)CC2CC2)n[nH]1.